The van der Waals surface area contributed by atoms with Gasteiger partial charge in [0.1, 0.15) is 5.82 Å². The van der Waals surface area contributed by atoms with Crippen molar-refractivity contribution in [3.63, 3.8) is 0 Å². The molecule has 4 rings (SSSR count). The van der Waals surface area contributed by atoms with Crippen LogP contribution in [0.3, 0.4) is 0 Å². The number of amides is 1. The Bertz CT molecular complexity index is 1010. The average Bonchev–Trinajstić information content (AvgIpc) is 3.47. The Labute approximate surface area is 170 Å². The van der Waals surface area contributed by atoms with E-state index in [1.54, 1.807) is 31.3 Å². The van der Waals surface area contributed by atoms with Crippen LogP contribution in [-0.2, 0) is 14.8 Å². The number of sulfonamides is 1. The molecule has 1 saturated heterocycles. The third-order valence-electron chi connectivity index (χ3n) is 5.64. The van der Waals surface area contributed by atoms with Crippen molar-refractivity contribution in [2.75, 3.05) is 31.6 Å². The van der Waals surface area contributed by atoms with Crippen molar-refractivity contribution in [1.29, 1.82) is 0 Å². The summed E-state index contributed by atoms with van der Waals surface area (Å²) >= 11 is 0. The summed E-state index contributed by atoms with van der Waals surface area (Å²) in [4.78, 5) is 13.0. The van der Waals surface area contributed by atoms with Crippen LogP contribution in [0.5, 0.6) is 0 Å². The molecule has 0 radical (unpaired) electrons. The molecule has 1 N–H and O–H groups in total. The molecule has 1 saturated carbocycles. The summed E-state index contributed by atoms with van der Waals surface area (Å²) in [6.07, 6.45) is 4.02. The van der Waals surface area contributed by atoms with E-state index in [1.807, 2.05) is 4.68 Å². The molecule has 1 aromatic carbocycles. The van der Waals surface area contributed by atoms with Crippen LogP contribution < -0.4 is 5.32 Å². The number of nitrogens with zero attached hydrogens (tertiary/aromatic N) is 3. The van der Waals surface area contributed by atoms with Gasteiger partial charge in [-0.15, -0.1) is 0 Å². The van der Waals surface area contributed by atoms with Crippen molar-refractivity contribution < 1.29 is 17.9 Å². The molecule has 2 aliphatic rings. The standard InChI is InChI=1S/C20H26N4O4S/c1-14-3-4-17(13-18(14)29(26,27)23-9-11-28-12-10-23)20(25)22-19-7-8-21-24(19)15(2)16-5-6-16/h3-4,7-8,13,15-16H,5-6,9-12H2,1-2H3,(H,22,25)/t15-/m0/s1. The molecular formula is C20H26N4O4S. The summed E-state index contributed by atoms with van der Waals surface area (Å²) in [7, 11) is -3.68. The third-order valence-corrected chi connectivity index (χ3v) is 7.68. The molecular weight excluding hydrogens is 392 g/mol. The SMILES string of the molecule is Cc1ccc(C(=O)Nc2ccnn2[C@@H](C)C2CC2)cc1S(=O)(=O)N1CCOCC1. The summed E-state index contributed by atoms with van der Waals surface area (Å²) in [5, 5.41) is 7.22. The van der Waals surface area contributed by atoms with E-state index in [1.165, 1.54) is 23.2 Å². The number of anilines is 1. The van der Waals surface area contributed by atoms with E-state index >= 15 is 0 Å². The van der Waals surface area contributed by atoms with Gasteiger partial charge in [-0.25, -0.2) is 13.1 Å². The minimum absolute atomic E-state index is 0.159. The molecule has 0 unspecified atom stereocenters. The molecule has 1 amide bonds. The molecule has 29 heavy (non-hydrogen) atoms. The van der Waals surface area contributed by atoms with Gasteiger partial charge in [0.2, 0.25) is 10.0 Å². The first-order valence-corrected chi connectivity index (χ1v) is 11.4. The van der Waals surface area contributed by atoms with Crippen molar-refractivity contribution in [3.8, 4) is 0 Å². The highest BCUT2D eigenvalue weighted by molar-refractivity contribution is 7.89. The van der Waals surface area contributed by atoms with E-state index in [-0.39, 0.29) is 16.8 Å². The van der Waals surface area contributed by atoms with Crippen molar-refractivity contribution in [1.82, 2.24) is 14.1 Å². The molecule has 8 nitrogen and oxygen atoms in total. The number of rotatable bonds is 6. The third kappa shape index (κ3) is 4.08. The summed E-state index contributed by atoms with van der Waals surface area (Å²) < 4.78 is 34.6. The minimum atomic E-state index is -3.68. The monoisotopic (exact) mass is 418 g/mol. The van der Waals surface area contributed by atoms with E-state index in [4.69, 9.17) is 4.74 Å². The molecule has 0 bridgehead atoms. The smallest absolute Gasteiger partial charge is 0.256 e. The number of nitrogens with one attached hydrogen (secondary N) is 1. The Balaban J connectivity index is 1.57. The second kappa shape index (κ2) is 7.89. The fourth-order valence-corrected chi connectivity index (χ4v) is 5.31. The highest BCUT2D eigenvalue weighted by Crippen LogP contribution is 2.40. The van der Waals surface area contributed by atoms with E-state index in [9.17, 15) is 13.2 Å². The Kier molecular flexibility index (Phi) is 5.46. The average molecular weight is 419 g/mol. The number of aryl methyl sites for hydroxylation is 1. The lowest BCUT2D eigenvalue weighted by atomic mass is 10.1. The number of aromatic nitrogens is 2. The molecule has 2 aromatic rings. The van der Waals surface area contributed by atoms with Gasteiger partial charge < -0.3 is 10.1 Å². The van der Waals surface area contributed by atoms with Gasteiger partial charge in [-0.3, -0.25) is 4.79 Å². The van der Waals surface area contributed by atoms with Crippen LogP contribution in [0.15, 0.2) is 35.4 Å². The van der Waals surface area contributed by atoms with Gasteiger partial charge in [-0.05, 0) is 50.3 Å². The minimum Gasteiger partial charge on any atom is -0.379 e. The fraction of sp³-hybridized carbons (Fsp3) is 0.500. The Morgan fingerprint density at radius 1 is 1.24 bits per heavy atom. The van der Waals surface area contributed by atoms with Crippen molar-refractivity contribution in [2.24, 2.45) is 5.92 Å². The predicted molar refractivity (Wildman–Crippen MR) is 108 cm³/mol. The Hall–Kier alpha value is -2.23. The van der Waals surface area contributed by atoms with Crippen LogP contribution in [0.2, 0.25) is 0 Å². The first-order chi connectivity index (χ1) is 13.9. The van der Waals surface area contributed by atoms with Crippen LogP contribution in [0.25, 0.3) is 0 Å². The molecule has 2 heterocycles. The van der Waals surface area contributed by atoms with Crippen LogP contribution >= 0.6 is 0 Å². The zero-order valence-electron chi connectivity index (χ0n) is 16.7. The molecule has 1 aliphatic carbocycles. The lowest BCUT2D eigenvalue weighted by Gasteiger charge is -2.26. The van der Waals surface area contributed by atoms with Crippen LogP contribution in [0, 0.1) is 12.8 Å². The largest absolute Gasteiger partial charge is 0.379 e. The fourth-order valence-electron chi connectivity index (χ4n) is 3.65. The van der Waals surface area contributed by atoms with E-state index in [2.05, 4.69) is 17.3 Å². The van der Waals surface area contributed by atoms with Crippen LogP contribution in [0.1, 0.15) is 41.7 Å². The van der Waals surface area contributed by atoms with Gasteiger partial charge in [0.15, 0.2) is 0 Å². The maximum atomic E-state index is 13.0. The quantitative estimate of drug-likeness (QED) is 0.778. The lowest BCUT2D eigenvalue weighted by Crippen LogP contribution is -2.40. The van der Waals surface area contributed by atoms with E-state index in [0.717, 1.165) is 0 Å². The Morgan fingerprint density at radius 2 is 1.97 bits per heavy atom. The van der Waals surface area contributed by atoms with E-state index in [0.29, 0.717) is 49.2 Å². The van der Waals surface area contributed by atoms with Gasteiger partial charge >= 0.3 is 0 Å². The topological polar surface area (TPSA) is 93.5 Å². The second-order valence-electron chi connectivity index (χ2n) is 7.69. The highest BCUT2D eigenvalue weighted by atomic mass is 32.2. The molecule has 9 heteroatoms. The maximum absolute atomic E-state index is 13.0. The summed E-state index contributed by atoms with van der Waals surface area (Å²) in [6, 6.07) is 6.76. The zero-order chi connectivity index (χ0) is 20.6. The second-order valence-corrected chi connectivity index (χ2v) is 9.60. The molecule has 0 spiro atoms. The first kappa shape index (κ1) is 20.1. The molecule has 2 fully saturated rings. The summed E-state index contributed by atoms with van der Waals surface area (Å²) in [5.74, 6) is 0.857. The summed E-state index contributed by atoms with van der Waals surface area (Å²) in [5.41, 5.74) is 0.912. The number of hydrogen-bond acceptors (Lipinski definition) is 5. The van der Waals surface area contributed by atoms with Crippen LogP contribution in [-0.4, -0.2) is 54.7 Å². The number of morpholine rings is 1. The van der Waals surface area contributed by atoms with Crippen LogP contribution in [0.4, 0.5) is 5.82 Å². The number of carbonyl (C=O) groups excluding carboxylic acids is 1. The molecule has 1 aliphatic heterocycles. The zero-order valence-corrected chi connectivity index (χ0v) is 17.5. The van der Waals surface area contributed by atoms with Gasteiger partial charge in [-0.1, -0.05) is 6.07 Å². The molecule has 1 aromatic heterocycles. The van der Waals surface area contributed by atoms with Gasteiger partial charge in [0.05, 0.1) is 30.3 Å². The predicted octanol–water partition coefficient (Wildman–Crippen LogP) is 2.44. The number of benzene rings is 1. The number of ether oxygens (including phenoxy) is 1. The molecule has 156 valence electrons. The lowest BCUT2D eigenvalue weighted by molar-refractivity contribution is 0.0730. The Morgan fingerprint density at radius 3 is 2.66 bits per heavy atom. The van der Waals surface area contributed by atoms with Crippen molar-refractivity contribution in [3.05, 3.63) is 41.6 Å². The normalized spacial score (nSPS) is 19.1. The number of hydrogen-bond donors (Lipinski definition) is 1. The maximum Gasteiger partial charge on any atom is 0.256 e. The first-order valence-electron chi connectivity index (χ1n) is 9.91. The number of carbonyl (C=O) groups is 1. The van der Waals surface area contributed by atoms with Gasteiger partial charge in [0.25, 0.3) is 5.91 Å². The summed E-state index contributed by atoms with van der Waals surface area (Å²) in [6.45, 7) is 5.22. The molecule has 1 atom stereocenters. The van der Waals surface area contributed by atoms with Gasteiger partial charge in [-0.2, -0.15) is 9.40 Å². The van der Waals surface area contributed by atoms with E-state index < -0.39 is 10.0 Å². The highest BCUT2D eigenvalue weighted by Gasteiger charge is 2.31. The van der Waals surface area contributed by atoms with Crippen molar-refractivity contribution >= 4 is 21.7 Å². The van der Waals surface area contributed by atoms with Gasteiger partial charge in [0, 0.05) is 24.7 Å². The van der Waals surface area contributed by atoms with Crippen molar-refractivity contribution in [2.45, 2.75) is 37.6 Å².